The molecule has 0 bridgehead atoms. The van der Waals surface area contributed by atoms with Gasteiger partial charge in [0.2, 0.25) is 5.91 Å². The van der Waals surface area contributed by atoms with Crippen molar-refractivity contribution in [2.24, 2.45) is 0 Å². The van der Waals surface area contributed by atoms with Crippen LogP contribution in [0.25, 0.3) is 0 Å². The Morgan fingerprint density at radius 2 is 2.11 bits per heavy atom. The molecule has 19 heavy (non-hydrogen) atoms. The molecule has 1 aromatic carbocycles. The first-order valence-electron chi connectivity index (χ1n) is 6.22. The van der Waals surface area contributed by atoms with Crippen molar-refractivity contribution in [3.05, 3.63) is 29.8 Å². The first-order valence-corrected chi connectivity index (χ1v) is 6.22. The van der Waals surface area contributed by atoms with E-state index in [-0.39, 0.29) is 5.91 Å². The Kier molecular flexibility index (Phi) is 6.58. The molecule has 1 aromatic rings. The van der Waals surface area contributed by atoms with Gasteiger partial charge in [-0.2, -0.15) is 5.26 Å². The highest BCUT2D eigenvalue weighted by molar-refractivity contribution is 5.92. The average molecular weight is 261 g/mol. The molecule has 0 atom stereocenters. The highest BCUT2D eigenvalue weighted by Gasteiger charge is 2.06. The van der Waals surface area contributed by atoms with Crippen molar-refractivity contribution >= 4 is 11.6 Å². The Hall–Kier alpha value is -1.90. The molecule has 0 aliphatic carbocycles. The Bertz CT molecular complexity index is 437. The van der Waals surface area contributed by atoms with E-state index >= 15 is 0 Å². The fourth-order valence-electron chi connectivity index (χ4n) is 1.52. The summed E-state index contributed by atoms with van der Waals surface area (Å²) < 4.78 is 5.23. The summed E-state index contributed by atoms with van der Waals surface area (Å²) in [5, 5.41) is 11.5. The number of carbonyl (C=O) groups is 1. The molecule has 0 saturated heterocycles. The highest BCUT2D eigenvalue weighted by Crippen LogP contribution is 2.08. The molecule has 1 N–H and O–H groups in total. The van der Waals surface area contributed by atoms with Gasteiger partial charge in [0.25, 0.3) is 0 Å². The van der Waals surface area contributed by atoms with Crippen LogP contribution in [0, 0.1) is 11.3 Å². The summed E-state index contributed by atoms with van der Waals surface area (Å²) in [5.74, 6) is -0.0799. The zero-order valence-electron chi connectivity index (χ0n) is 11.3. The molecular weight excluding hydrogens is 242 g/mol. The number of nitrogens with one attached hydrogen (secondary N) is 1. The van der Waals surface area contributed by atoms with Crippen molar-refractivity contribution < 1.29 is 9.53 Å². The SMILES string of the molecule is CCOCCN(C)CC(=O)Nc1ccc(C#N)cc1. The third-order valence-electron chi connectivity index (χ3n) is 2.53. The van der Waals surface area contributed by atoms with Crippen LogP contribution in [-0.4, -0.2) is 44.2 Å². The number of likely N-dealkylation sites (N-methyl/N-ethyl adjacent to an activating group) is 1. The summed E-state index contributed by atoms with van der Waals surface area (Å²) in [6.07, 6.45) is 0. The second-order valence-electron chi connectivity index (χ2n) is 4.17. The molecule has 1 rings (SSSR count). The number of amides is 1. The summed E-state index contributed by atoms with van der Waals surface area (Å²) in [4.78, 5) is 13.6. The number of anilines is 1. The minimum absolute atomic E-state index is 0.0799. The second kappa shape index (κ2) is 8.25. The van der Waals surface area contributed by atoms with Gasteiger partial charge in [-0.15, -0.1) is 0 Å². The van der Waals surface area contributed by atoms with Crippen LogP contribution >= 0.6 is 0 Å². The van der Waals surface area contributed by atoms with Crippen molar-refractivity contribution in [2.45, 2.75) is 6.92 Å². The molecule has 1 amide bonds. The summed E-state index contributed by atoms with van der Waals surface area (Å²) in [7, 11) is 1.87. The Morgan fingerprint density at radius 1 is 1.42 bits per heavy atom. The number of carbonyl (C=O) groups excluding carboxylic acids is 1. The van der Waals surface area contributed by atoms with Gasteiger partial charge in [0.1, 0.15) is 0 Å². The number of rotatable bonds is 7. The topological polar surface area (TPSA) is 65.4 Å². The third-order valence-corrected chi connectivity index (χ3v) is 2.53. The van der Waals surface area contributed by atoms with Crippen molar-refractivity contribution in [1.29, 1.82) is 5.26 Å². The Labute approximate surface area is 113 Å². The normalized spacial score (nSPS) is 10.2. The monoisotopic (exact) mass is 261 g/mol. The van der Waals surface area contributed by atoms with E-state index in [0.717, 1.165) is 0 Å². The maximum atomic E-state index is 11.8. The van der Waals surface area contributed by atoms with Crippen LogP contribution in [0.2, 0.25) is 0 Å². The minimum Gasteiger partial charge on any atom is -0.380 e. The lowest BCUT2D eigenvalue weighted by molar-refractivity contribution is -0.117. The molecule has 0 heterocycles. The van der Waals surface area contributed by atoms with Gasteiger partial charge in [0, 0.05) is 18.8 Å². The number of hydrogen-bond acceptors (Lipinski definition) is 4. The van der Waals surface area contributed by atoms with E-state index in [1.54, 1.807) is 24.3 Å². The number of nitrogens with zero attached hydrogens (tertiary/aromatic N) is 2. The van der Waals surface area contributed by atoms with E-state index < -0.39 is 0 Å². The van der Waals surface area contributed by atoms with Gasteiger partial charge >= 0.3 is 0 Å². The van der Waals surface area contributed by atoms with E-state index in [1.165, 1.54) is 0 Å². The second-order valence-corrected chi connectivity index (χ2v) is 4.17. The number of ether oxygens (including phenoxy) is 1. The fraction of sp³-hybridized carbons (Fsp3) is 0.429. The molecule has 5 heteroatoms. The quantitative estimate of drug-likeness (QED) is 0.755. The molecule has 5 nitrogen and oxygen atoms in total. The van der Waals surface area contributed by atoms with Gasteiger partial charge in [-0.25, -0.2) is 0 Å². The number of hydrogen-bond donors (Lipinski definition) is 1. The van der Waals surface area contributed by atoms with E-state index in [2.05, 4.69) is 5.32 Å². The maximum Gasteiger partial charge on any atom is 0.238 e. The minimum atomic E-state index is -0.0799. The van der Waals surface area contributed by atoms with Crippen LogP contribution in [0.1, 0.15) is 12.5 Å². The highest BCUT2D eigenvalue weighted by atomic mass is 16.5. The van der Waals surface area contributed by atoms with Crippen molar-refractivity contribution in [1.82, 2.24) is 4.90 Å². The summed E-state index contributed by atoms with van der Waals surface area (Å²) in [5.41, 5.74) is 1.27. The average Bonchev–Trinajstić information content (AvgIpc) is 2.39. The zero-order chi connectivity index (χ0) is 14.1. The van der Waals surface area contributed by atoms with E-state index in [9.17, 15) is 4.79 Å². The lowest BCUT2D eigenvalue weighted by atomic mass is 10.2. The molecule has 0 spiro atoms. The molecule has 0 aliphatic rings. The molecule has 0 aromatic heterocycles. The largest absolute Gasteiger partial charge is 0.380 e. The number of nitriles is 1. The van der Waals surface area contributed by atoms with E-state index in [1.807, 2.05) is 24.9 Å². The van der Waals surface area contributed by atoms with Gasteiger partial charge in [0.05, 0.1) is 24.8 Å². The molecule has 0 saturated carbocycles. The van der Waals surface area contributed by atoms with Crippen LogP contribution in [0.5, 0.6) is 0 Å². The van der Waals surface area contributed by atoms with Crippen molar-refractivity contribution in [2.75, 3.05) is 38.7 Å². The summed E-state index contributed by atoms with van der Waals surface area (Å²) >= 11 is 0. The Morgan fingerprint density at radius 3 is 2.68 bits per heavy atom. The van der Waals surface area contributed by atoms with Gasteiger partial charge in [-0.1, -0.05) is 0 Å². The van der Waals surface area contributed by atoms with Crippen LogP contribution in [0.3, 0.4) is 0 Å². The predicted molar refractivity (Wildman–Crippen MR) is 73.8 cm³/mol. The maximum absolute atomic E-state index is 11.8. The molecule has 0 radical (unpaired) electrons. The number of benzene rings is 1. The molecule has 0 fully saturated rings. The third kappa shape index (κ3) is 6.00. The first kappa shape index (κ1) is 15.2. The first-order chi connectivity index (χ1) is 9.15. The zero-order valence-corrected chi connectivity index (χ0v) is 11.3. The van der Waals surface area contributed by atoms with Gasteiger partial charge in [0.15, 0.2) is 0 Å². The summed E-state index contributed by atoms with van der Waals surface area (Å²) in [6, 6.07) is 8.82. The lowest BCUT2D eigenvalue weighted by Crippen LogP contribution is -2.32. The predicted octanol–water partition coefficient (Wildman–Crippen LogP) is 1.47. The van der Waals surface area contributed by atoms with Crippen LogP contribution in [-0.2, 0) is 9.53 Å². The lowest BCUT2D eigenvalue weighted by Gasteiger charge is -2.15. The molecule has 0 aliphatic heterocycles. The van der Waals surface area contributed by atoms with E-state index in [0.29, 0.717) is 37.6 Å². The smallest absolute Gasteiger partial charge is 0.238 e. The summed E-state index contributed by atoms with van der Waals surface area (Å²) in [6.45, 7) is 4.28. The van der Waals surface area contributed by atoms with Crippen LogP contribution in [0.15, 0.2) is 24.3 Å². The molecule has 102 valence electrons. The van der Waals surface area contributed by atoms with Gasteiger partial charge in [-0.05, 0) is 38.2 Å². The van der Waals surface area contributed by atoms with Crippen LogP contribution in [0.4, 0.5) is 5.69 Å². The molecule has 0 unspecified atom stereocenters. The van der Waals surface area contributed by atoms with Gasteiger partial charge < -0.3 is 10.1 Å². The molecular formula is C14H19N3O2. The van der Waals surface area contributed by atoms with Gasteiger partial charge in [-0.3, -0.25) is 9.69 Å². The standard InChI is InChI=1S/C14H19N3O2/c1-3-19-9-8-17(2)11-14(18)16-13-6-4-12(10-15)5-7-13/h4-7H,3,8-9,11H2,1-2H3,(H,16,18). The fourth-order valence-corrected chi connectivity index (χ4v) is 1.52. The van der Waals surface area contributed by atoms with Crippen molar-refractivity contribution in [3.63, 3.8) is 0 Å². The Balaban J connectivity index is 2.35. The van der Waals surface area contributed by atoms with Crippen molar-refractivity contribution in [3.8, 4) is 6.07 Å². The van der Waals surface area contributed by atoms with E-state index in [4.69, 9.17) is 10.00 Å². The van der Waals surface area contributed by atoms with Crippen LogP contribution < -0.4 is 5.32 Å².